The summed E-state index contributed by atoms with van der Waals surface area (Å²) < 4.78 is 75.3. The molecule has 1 aliphatic rings. The summed E-state index contributed by atoms with van der Waals surface area (Å²) >= 11 is 1.02. The van der Waals surface area contributed by atoms with Crippen LogP contribution in [0.3, 0.4) is 0 Å². The maximum atomic E-state index is 15.9. The van der Waals surface area contributed by atoms with E-state index in [9.17, 15) is 28.8 Å². The van der Waals surface area contributed by atoms with Crippen LogP contribution < -0.4 is 29.6 Å². The number of rotatable bonds is 27. The van der Waals surface area contributed by atoms with Crippen molar-refractivity contribution in [1.82, 2.24) is 15.5 Å². The number of nitrogens with one attached hydrogen (secondary N) is 2. The molecule has 4 rings (SSSR count). The van der Waals surface area contributed by atoms with Gasteiger partial charge in [-0.2, -0.15) is 0 Å². The fourth-order valence-electron chi connectivity index (χ4n) is 6.26. The van der Waals surface area contributed by atoms with Crippen molar-refractivity contribution >= 4 is 57.1 Å². The summed E-state index contributed by atoms with van der Waals surface area (Å²) in [4.78, 5) is 74.3. The molecule has 1 aliphatic heterocycles. The summed E-state index contributed by atoms with van der Waals surface area (Å²) in [6.45, 7) is 8.06. The van der Waals surface area contributed by atoms with E-state index in [-0.39, 0.29) is 149 Å². The number of carbonyl (C=O) groups is 6. The van der Waals surface area contributed by atoms with E-state index in [4.69, 9.17) is 43.0 Å². The molecule has 18 nitrogen and oxygen atoms in total. The number of alkyl carbamates (subject to hydrolysis) is 1. The number of hydrogen-bond acceptors (Lipinski definition) is 15. The monoisotopic (exact) mass is 937 g/mol. The SMILES string of the molecule is COc1cc2c(c(F)c1OCCCOc1c(OC)cc3sc(C(=O)CCC(=O)O)cc3c1F)CN(C(=O)CCC(=O)O[C@@H](C)CNC(=O)CCOCCOCCNC(=O)OC(C)(C)C)C2. The molecular formula is C44H57F2N3O15S. The standard InChI is InChI=1S/C44H57F2N3O15S/c1-26(23-48-35(51)12-16-59-18-19-60-17-13-47-43(56)64-44(2,3)4)63-38(55)11-9-36(52)49-24-27-20-31(57-5)41(40(46)29(27)25-49)61-14-7-15-62-42-32(58-6)22-33-28(39(42)45)21-34(65-33)30(50)8-10-37(53)54/h20-22,26H,7-19,23-25H2,1-6H3,(H,47,56)(H,48,51)(H,53,54)/t26-/m0/s1. The maximum Gasteiger partial charge on any atom is 0.407 e. The van der Waals surface area contributed by atoms with Gasteiger partial charge in [0, 0.05) is 67.0 Å². The van der Waals surface area contributed by atoms with Crippen LogP contribution in [0.15, 0.2) is 18.2 Å². The number of halogens is 2. The highest BCUT2D eigenvalue weighted by molar-refractivity contribution is 7.20. The number of carboxylic acid groups (broad SMARTS) is 1. The van der Waals surface area contributed by atoms with E-state index >= 15 is 8.78 Å². The minimum absolute atomic E-state index is 0.0516. The number of thiophene rings is 1. The van der Waals surface area contributed by atoms with Gasteiger partial charge < -0.3 is 58.5 Å². The third-order valence-electron chi connectivity index (χ3n) is 9.41. The number of carbonyl (C=O) groups excluding carboxylic acids is 5. The van der Waals surface area contributed by atoms with Crippen LogP contribution in [0.5, 0.6) is 23.0 Å². The molecule has 2 aromatic carbocycles. The number of aliphatic carboxylic acids is 1. The van der Waals surface area contributed by atoms with Crippen molar-refractivity contribution in [3.05, 3.63) is 45.8 Å². The first-order chi connectivity index (χ1) is 30.9. The van der Waals surface area contributed by atoms with Gasteiger partial charge in [0.25, 0.3) is 0 Å². The lowest BCUT2D eigenvalue weighted by Crippen LogP contribution is -2.34. The minimum Gasteiger partial charge on any atom is -0.493 e. The van der Waals surface area contributed by atoms with E-state index in [1.807, 2.05) is 0 Å². The van der Waals surface area contributed by atoms with Crippen molar-refractivity contribution in [3.63, 3.8) is 0 Å². The molecule has 0 spiro atoms. The van der Waals surface area contributed by atoms with Gasteiger partial charge in [0.2, 0.25) is 11.8 Å². The molecular weight excluding hydrogens is 881 g/mol. The summed E-state index contributed by atoms with van der Waals surface area (Å²) in [5.74, 6) is -4.53. The number of carboxylic acids is 1. The molecule has 3 amide bonds. The Morgan fingerprint density at radius 3 is 2.12 bits per heavy atom. The summed E-state index contributed by atoms with van der Waals surface area (Å²) in [6, 6.07) is 4.46. The second-order valence-electron chi connectivity index (χ2n) is 15.7. The lowest BCUT2D eigenvalue weighted by atomic mass is 10.1. The number of fused-ring (bicyclic) bond motifs is 2. The highest BCUT2D eigenvalue weighted by atomic mass is 32.1. The Balaban J connectivity index is 1.14. The third kappa shape index (κ3) is 16.3. The van der Waals surface area contributed by atoms with Gasteiger partial charge in [0.1, 0.15) is 11.7 Å². The Bertz CT molecular complexity index is 2160. The first-order valence-electron chi connectivity index (χ1n) is 21.0. The predicted molar refractivity (Wildman–Crippen MR) is 231 cm³/mol. The topological polar surface area (TPSA) is 224 Å². The van der Waals surface area contributed by atoms with Gasteiger partial charge in [-0.05, 0) is 45.4 Å². The van der Waals surface area contributed by atoms with E-state index in [0.29, 0.717) is 10.3 Å². The van der Waals surface area contributed by atoms with E-state index in [1.54, 1.807) is 33.8 Å². The average molecular weight is 938 g/mol. The lowest BCUT2D eigenvalue weighted by molar-refractivity contribution is -0.150. The van der Waals surface area contributed by atoms with Crippen LogP contribution in [0.4, 0.5) is 13.6 Å². The molecule has 0 unspecified atom stereocenters. The van der Waals surface area contributed by atoms with Crippen LogP contribution in [0.25, 0.3) is 10.1 Å². The molecule has 358 valence electrons. The first-order valence-corrected chi connectivity index (χ1v) is 21.8. The van der Waals surface area contributed by atoms with Crippen LogP contribution in [-0.2, 0) is 51.2 Å². The molecule has 0 saturated carbocycles. The maximum absolute atomic E-state index is 15.9. The Labute approximate surface area is 379 Å². The minimum atomic E-state index is -1.12. The summed E-state index contributed by atoms with van der Waals surface area (Å²) in [7, 11) is 2.68. The van der Waals surface area contributed by atoms with Gasteiger partial charge in [-0.25, -0.2) is 13.6 Å². The quantitative estimate of drug-likeness (QED) is 0.0473. The molecule has 0 aliphatic carbocycles. The zero-order chi connectivity index (χ0) is 47.7. The number of nitrogens with zero attached hydrogens (tertiary/aromatic N) is 1. The Morgan fingerprint density at radius 2 is 1.46 bits per heavy atom. The van der Waals surface area contributed by atoms with Crippen molar-refractivity contribution in [1.29, 1.82) is 0 Å². The number of hydrogen-bond donors (Lipinski definition) is 3. The second kappa shape index (κ2) is 25.0. The molecule has 3 aromatic rings. The normalized spacial score (nSPS) is 12.6. The van der Waals surface area contributed by atoms with E-state index < -0.39 is 53.1 Å². The number of benzene rings is 2. The van der Waals surface area contributed by atoms with Gasteiger partial charge >= 0.3 is 18.0 Å². The van der Waals surface area contributed by atoms with Crippen molar-refractivity contribution in [2.75, 3.05) is 67.0 Å². The van der Waals surface area contributed by atoms with E-state index in [1.165, 1.54) is 31.3 Å². The Morgan fingerprint density at radius 1 is 0.800 bits per heavy atom. The number of Topliss-reactive ketones (excluding diaryl/α,β-unsaturated/α-hetero) is 1. The van der Waals surface area contributed by atoms with E-state index in [0.717, 1.165) is 11.3 Å². The molecule has 1 atom stereocenters. The molecule has 3 N–H and O–H groups in total. The molecule has 0 radical (unpaired) electrons. The average Bonchev–Trinajstić information content (AvgIpc) is 3.89. The van der Waals surface area contributed by atoms with Crippen LogP contribution in [0.2, 0.25) is 0 Å². The summed E-state index contributed by atoms with van der Waals surface area (Å²) in [5, 5.41) is 14.2. The second-order valence-corrected chi connectivity index (χ2v) is 16.8. The predicted octanol–water partition coefficient (Wildman–Crippen LogP) is 5.71. The highest BCUT2D eigenvalue weighted by Crippen LogP contribution is 2.41. The van der Waals surface area contributed by atoms with Crippen LogP contribution in [0, 0.1) is 11.6 Å². The van der Waals surface area contributed by atoms with Gasteiger partial charge in [0.05, 0.1) is 78.1 Å². The molecule has 2 heterocycles. The number of ether oxygens (including phenoxy) is 8. The van der Waals surface area contributed by atoms with Crippen LogP contribution >= 0.6 is 11.3 Å². The van der Waals surface area contributed by atoms with Crippen molar-refractivity contribution < 1.29 is 80.5 Å². The van der Waals surface area contributed by atoms with Crippen molar-refractivity contribution in [2.24, 2.45) is 0 Å². The third-order valence-corrected chi connectivity index (χ3v) is 10.5. The van der Waals surface area contributed by atoms with E-state index in [2.05, 4.69) is 10.6 Å². The zero-order valence-electron chi connectivity index (χ0n) is 37.4. The summed E-state index contributed by atoms with van der Waals surface area (Å²) in [5.41, 5.74) is 0.158. The zero-order valence-corrected chi connectivity index (χ0v) is 38.2. The molecule has 65 heavy (non-hydrogen) atoms. The molecule has 0 fully saturated rings. The molecule has 1 aromatic heterocycles. The fourth-order valence-corrected chi connectivity index (χ4v) is 7.32. The largest absolute Gasteiger partial charge is 0.493 e. The van der Waals surface area contributed by atoms with Gasteiger partial charge in [-0.15, -0.1) is 11.3 Å². The first kappa shape index (κ1) is 51.8. The van der Waals surface area contributed by atoms with Crippen molar-refractivity contribution in [2.45, 2.75) is 91.0 Å². The number of amides is 3. The number of esters is 1. The Hall–Kier alpha value is -5.80. The number of ketones is 1. The van der Waals surface area contributed by atoms with Gasteiger partial charge in [-0.1, -0.05) is 0 Å². The van der Waals surface area contributed by atoms with Gasteiger partial charge in [0.15, 0.2) is 40.4 Å². The Kier molecular flexibility index (Phi) is 20.0. The van der Waals surface area contributed by atoms with Crippen molar-refractivity contribution in [3.8, 4) is 23.0 Å². The summed E-state index contributed by atoms with van der Waals surface area (Å²) in [6.07, 6.45) is -1.93. The molecule has 0 bridgehead atoms. The van der Waals surface area contributed by atoms with Crippen LogP contribution in [-0.4, -0.2) is 124 Å². The highest BCUT2D eigenvalue weighted by Gasteiger charge is 2.31. The van der Waals surface area contributed by atoms with Crippen LogP contribution in [0.1, 0.15) is 87.0 Å². The smallest absolute Gasteiger partial charge is 0.407 e. The lowest BCUT2D eigenvalue weighted by Gasteiger charge is -2.19. The molecule has 21 heteroatoms. The fraction of sp³-hybridized carbons (Fsp3) is 0.545. The molecule has 0 saturated heterocycles. The number of methoxy groups -OCH3 is 2. The van der Waals surface area contributed by atoms with Gasteiger partial charge in [-0.3, -0.25) is 24.0 Å².